The van der Waals surface area contributed by atoms with Crippen molar-refractivity contribution in [1.82, 2.24) is 20.5 Å². The maximum absolute atomic E-state index is 12.4. The molecule has 2 heterocycles. The number of carbonyl (C=O) groups excluding carboxylic acids is 2. The first-order chi connectivity index (χ1) is 16.6. The molecule has 0 atom stereocenters. The molecule has 12 heteroatoms. The van der Waals surface area contributed by atoms with Crippen LogP contribution in [0.4, 0.5) is 0 Å². The molecule has 1 aliphatic heterocycles. The number of methoxy groups -OCH3 is 1. The summed E-state index contributed by atoms with van der Waals surface area (Å²) in [6.45, 7) is 3.86. The Balaban J connectivity index is 1.28. The lowest BCUT2D eigenvalue weighted by atomic mass is 9.97. The highest BCUT2D eigenvalue weighted by atomic mass is 32.2. The molecule has 0 unspecified atom stereocenters. The molecular formula is C22H34N4O5S3. The largest absolute Gasteiger partial charge is 0.382 e. The molecule has 1 aromatic heterocycles. The zero-order chi connectivity index (χ0) is 24.2. The third kappa shape index (κ3) is 9.74. The number of hydrogen-bond donors (Lipinski definition) is 2. The minimum atomic E-state index is -0.153. The summed E-state index contributed by atoms with van der Waals surface area (Å²) in [5.41, 5.74) is 0.461. The van der Waals surface area contributed by atoms with E-state index in [1.165, 1.54) is 24.2 Å². The second kappa shape index (κ2) is 14.9. The number of amides is 2. The van der Waals surface area contributed by atoms with Gasteiger partial charge in [0.05, 0.1) is 31.4 Å². The van der Waals surface area contributed by atoms with Crippen LogP contribution in [0.25, 0.3) is 0 Å². The summed E-state index contributed by atoms with van der Waals surface area (Å²) in [5, 5.41) is 8.97. The zero-order valence-electron chi connectivity index (χ0n) is 19.6. The lowest BCUT2D eigenvalue weighted by Gasteiger charge is -2.31. The van der Waals surface area contributed by atoms with Crippen molar-refractivity contribution in [2.24, 2.45) is 0 Å². The van der Waals surface area contributed by atoms with E-state index in [-0.39, 0.29) is 24.3 Å². The van der Waals surface area contributed by atoms with Gasteiger partial charge in [-0.2, -0.15) is 0 Å². The summed E-state index contributed by atoms with van der Waals surface area (Å²) in [4.78, 5) is 31.2. The first-order valence-corrected chi connectivity index (χ1v) is 13.9. The molecular weight excluding hydrogens is 496 g/mol. The average Bonchev–Trinajstić information content (AvgIpc) is 3.51. The highest BCUT2D eigenvalue weighted by Gasteiger charge is 2.26. The molecule has 2 amide bonds. The van der Waals surface area contributed by atoms with Crippen molar-refractivity contribution in [2.75, 3.05) is 65.5 Å². The van der Waals surface area contributed by atoms with E-state index >= 15 is 0 Å². The van der Waals surface area contributed by atoms with E-state index in [0.717, 1.165) is 27.9 Å². The fourth-order valence-corrected chi connectivity index (χ4v) is 5.43. The van der Waals surface area contributed by atoms with E-state index in [1.807, 2.05) is 10.3 Å². The van der Waals surface area contributed by atoms with E-state index in [4.69, 9.17) is 26.4 Å². The Morgan fingerprint density at radius 3 is 2.65 bits per heavy atom. The highest BCUT2D eigenvalue weighted by molar-refractivity contribution is 8.22. The maximum atomic E-state index is 12.4. The van der Waals surface area contributed by atoms with Gasteiger partial charge in [-0.1, -0.05) is 24.0 Å². The minimum absolute atomic E-state index is 0.000713. The topological polar surface area (TPSA) is 102 Å². The second-order valence-corrected chi connectivity index (χ2v) is 10.9. The van der Waals surface area contributed by atoms with E-state index in [0.29, 0.717) is 57.8 Å². The van der Waals surface area contributed by atoms with Crippen LogP contribution in [0.5, 0.6) is 0 Å². The summed E-state index contributed by atoms with van der Waals surface area (Å²) < 4.78 is 16.4. The molecule has 2 fully saturated rings. The summed E-state index contributed by atoms with van der Waals surface area (Å²) in [7, 11) is 1.62. The number of rotatable bonds is 14. The highest BCUT2D eigenvalue weighted by Crippen LogP contribution is 2.30. The first-order valence-electron chi connectivity index (χ1n) is 11.7. The van der Waals surface area contributed by atoms with Gasteiger partial charge in [-0.15, -0.1) is 11.3 Å². The molecule has 3 rings (SSSR count). The predicted molar refractivity (Wildman–Crippen MR) is 138 cm³/mol. The van der Waals surface area contributed by atoms with Crippen LogP contribution < -0.4 is 10.6 Å². The number of hydrogen-bond acceptors (Lipinski definition) is 9. The molecule has 2 N–H and O–H groups in total. The van der Waals surface area contributed by atoms with Gasteiger partial charge in [0.15, 0.2) is 0 Å². The van der Waals surface area contributed by atoms with Gasteiger partial charge >= 0.3 is 0 Å². The Kier molecular flexibility index (Phi) is 12.0. The van der Waals surface area contributed by atoms with Crippen molar-refractivity contribution >= 4 is 51.5 Å². The fraction of sp³-hybridized carbons (Fsp3) is 0.727. The number of piperidine rings is 1. The monoisotopic (exact) mass is 530 g/mol. The summed E-state index contributed by atoms with van der Waals surface area (Å²) >= 11 is 8.35. The lowest BCUT2D eigenvalue weighted by molar-refractivity contribution is -0.137. The van der Waals surface area contributed by atoms with Crippen molar-refractivity contribution in [1.29, 1.82) is 0 Å². The Morgan fingerprint density at radius 2 is 1.91 bits per heavy atom. The predicted octanol–water partition coefficient (Wildman–Crippen LogP) is 2.03. The number of carbonyl (C=O) groups is 2. The molecule has 0 spiro atoms. The molecule has 34 heavy (non-hydrogen) atoms. The lowest BCUT2D eigenvalue weighted by Crippen LogP contribution is -2.40. The Bertz CT molecular complexity index is 797. The fourth-order valence-electron chi connectivity index (χ4n) is 3.40. The number of nitrogens with zero attached hydrogens (tertiary/aromatic N) is 2. The van der Waals surface area contributed by atoms with Gasteiger partial charge in [0.1, 0.15) is 16.6 Å². The van der Waals surface area contributed by atoms with E-state index < -0.39 is 0 Å². The number of aromatic nitrogens is 1. The molecule has 1 saturated carbocycles. The Morgan fingerprint density at radius 1 is 1.18 bits per heavy atom. The van der Waals surface area contributed by atoms with Gasteiger partial charge in [-0.25, -0.2) is 4.98 Å². The standard InChI is InChI=1S/C22H34N4O5S3/c1-29-9-10-30-11-12-31-14-19(27)26-7-4-16(5-8-26)21-25-18(15-34-21)20(28)23-6-13-33-22(32)24-17-2-3-17/h15-17H,2-14H2,1H3,(H,23,28)(H,24,32). The van der Waals surface area contributed by atoms with Gasteiger partial charge in [0, 0.05) is 49.8 Å². The Hall–Kier alpha value is -1.31. The number of ether oxygens (including phenoxy) is 3. The van der Waals surface area contributed by atoms with Crippen molar-refractivity contribution in [3.05, 3.63) is 16.1 Å². The maximum Gasteiger partial charge on any atom is 0.270 e. The van der Waals surface area contributed by atoms with Crippen LogP contribution in [-0.4, -0.2) is 97.6 Å². The number of thioether (sulfide) groups is 1. The Labute approximate surface area is 214 Å². The number of likely N-dealkylation sites (tertiary alicyclic amines) is 1. The molecule has 190 valence electrons. The number of thiazole rings is 1. The molecule has 1 aliphatic carbocycles. The van der Waals surface area contributed by atoms with Crippen LogP contribution in [0.15, 0.2) is 5.38 Å². The van der Waals surface area contributed by atoms with Gasteiger partial charge in [0.2, 0.25) is 5.91 Å². The van der Waals surface area contributed by atoms with E-state index in [1.54, 1.807) is 18.9 Å². The van der Waals surface area contributed by atoms with Gasteiger partial charge in [-0.05, 0) is 25.7 Å². The third-order valence-corrected chi connectivity index (χ3v) is 7.77. The smallest absolute Gasteiger partial charge is 0.270 e. The van der Waals surface area contributed by atoms with Crippen LogP contribution in [0.1, 0.15) is 47.1 Å². The normalized spacial score (nSPS) is 16.4. The quantitative estimate of drug-likeness (QED) is 0.276. The van der Waals surface area contributed by atoms with E-state index in [9.17, 15) is 9.59 Å². The van der Waals surface area contributed by atoms with Crippen LogP contribution in [-0.2, 0) is 19.0 Å². The van der Waals surface area contributed by atoms with E-state index in [2.05, 4.69) is 15.6 Å². The molecule has 0 radical (unpaired) electrons. The number of nitrogens with one attached hydrogen (secondary N) is 2. The van der Waals surface area contributed by atoms with Crippen molar-refractivity contribution in [2.45, 2.75) is 37.6 Å². The van der Waals surface area contributed by atoms with Crippen LogP contribution in [0.2, 0.25) is 0 Å². The third-order valence-electron chi connectivity index (χ3n) is 5.50. The summed E-state index contributed by atoms with van der Waals surface area (Å²) in [5.74, 6) is 0.852. The van der Waals surface area contributed by atoms with Crippen LogP contribution >= 0.6 is 35.3 Å². The van der Waals surface area contributed by atoms with Gasteiger partial charge < -0.3 is 29.7 Å². The summed E-state index contributed by atoms with van der Waals surface area (Å²) in [6.07, 6.45) is 4.06. The van der Waals surface area contributed by atoms with Crippen molar-refractivity contribution in [3.8, 4) is 0 Å². The minimum Gasteiger partial charge on any atom is -0.382 e. The molecule has 0 bridgehead atoms. The van der Waals surface area contributed by atoms with Crippen molar-refractivity contribution in [3.63, 3.8) is 0 Å². The molecule has 2 aliphatic rings. The van der Waals surface area contributed by atoms with Crippen LogP contribution in [0.3, 0.4) is 0 Å². The molecule has 0 aromatic carbocycles. The SMILES string of the molecule is COCCOCCOCC(=O)N1CCC(c2nc(C(=O)NCCSC(=S)NC3CC3)cs2)CC1. The second-order valence-electron chi connectivity index (χ2n) is 8.19. The van der Waals surface area contributed by atoms with Crippen molar-refractivity contribution < 1.29 is 23.8 Å². The zero-order valence-corrected chi connectivity index (χ0v) is 22.0. The molecule has 1 aromatic rings. The van der Waals surface area contributed by atoms with Gasteiger partial charge in [0.25, 0.3) is 5.91 Å². The first kappa shape index (κ1) is 27.3. The average molecular weight is 531 g/mol. The summed E-state index contributed by atoms with van der Waals surface area (Å²) in [6, 6.07) is 0.554. The van der Waals surface area contributed by atoms with Gasteiger partial charge in [-0.3, -0.25) is 9.59 Å². The number of thiocarbonyl (C=S) groups is 1. The molecule has 1 saturated heterocycles. The van der Waals surface area contributed by atoms with Crippen LogP contribution in [0, 0.1) is 0 Å². The molecule has 9 nitrogen and oxygen atoms in total.